The van der Waals surface area contributed by atoms with E-state index in [1.54, 1.807) is 6.07 Å². The minimum absolute atomic E-state index is 0.104. The third kappa shape index (κ3) is 4.53. The van der Waals surface area contributed by atoms with Crippen LogP contribution in [0.5, 0.6) is 0 Å². The van der Waals surface area contributed by atoms with Crippen molar-refractivity contribution < 1.29 is 4.79 Å². The fraction of sp³-hybridized carbons (Fsp3) is 0.312. The maximum Gasteiger partial charge on any atom is 0.229 e. The molecule has 5 nitrogen and oxygen atoms in total. The van der Waals surface area contributed by atoms with Gasteiger partial charge in [0, 0.05) is 17.6 Å². The van der Waals surface area contributed by atoms with Gasteiger partial charge in [-0.15, -0.1) is 10.2 Å². The van der Waals surface area contributed by atoms with Gasteiger partial charge in [0.05, 0.1) is 6.42 Å². The molecule has 1 heterocycles. The number of carbonyl (C=O) groups excluding carboxylic acids is 1. The molecule has 0 radical (unpaired) electrons. The van der Waals surface area contributed by atoms with Crippen LogP contribution in [0.3, 0.4) is 0 Å². The summed E-state index contributed by atoms with van der Waals surface area (Å²) in [5, 5.41) is 11.0. The van der Waals surface area contributed by atoms with Crippen LogP contribution >= 0.6 is 15.9 Å². The van der Waals surface area contributed by atoms with Gasteiger partial charge in [-0.1, -0.05) is 28.1 Å². The molecule has 0 saturated carbocycles. The van der Waals surface area contributed by atoms with E-state index in [0.717, 1.165) is 28.9 Å². The number of benzene rings is 1. The van der Waals surface area contributed by atoms with Crippen LogP contribution < -0.4 is 10.2 Å². The molecule has 0 aliphatic carbocycles. The third-order valence-corrected chi connectivity index (χ3v) is 3.81. The van der Waals surface area contributed by atoms with Gasteiger partial charge in [-0.25, -0.2) is 0 Å². The van der Waals surface area contributed by atoms with Gasteiger partial charge in [0.2, 0.25) is 5.91 Å². The summed E-state index contributed by atoms with van der Waals surface area (Å²) in [6.45, 7) is 5.89. The number of hydrogen-bond donors (Lipinski definition) is 1. The van der Waals surface area contributed by atoms with E-state index < -0.39 is 0 Å². The summed E-state index contributed by atoms with van der Waals surface area (Å²) in [4.78, 5) is 14.1. The van der Waals surface area contributed by atoms with Crippen molar-refractivity contribution in [2.24, 2.45) is 0 Å². The van der Waals surface area contributed by atoms with E-state index in [-0.39, 0.29) is 5.91 Å². The molecule has 2 aromatic rings. The summed E-state index contributed by atoms with van der Waals surface area (Å²) < 4.78 is 0.995. The Balaban J connectivity index is 1.95. The van der Waals surface area contributed by atoms with Gasteiger partial charge in [0.15, 0.2) is 11.6 Å². The van der Waals surface area contributed by atoms with E-state index in [1.165, 1.54) is 0 Å². The molecule has 1 N–H and O–H groups in total. The van der Waals surface area contributed by atoms with E-state index in [2.05, 4.69) is 50.2 Å². The normalized spacial score (nSPS) is 10.3. The largest absolute Gasteiger partial charge is 0.356 e. The quantitative estimate of drug-likeness (QED) is 0.856. The van der Waals surface area contributed by atoms with E-state index in [9.17, 15) is 4.79 Å². The van der Waals surface area contributed by atoms with Crippen LogP contribution in [0, 0.1) is 0 Å². The van der Waals surface area contributed by atoms with Gasteiger partial charge in [0.1, 0.15) is 0 Å². The van der Waals surface area contributed by atoms with Gasteiger partial charge in [-0.3, -0.25) is 4.79 Å². The zero-order chi connectivity index (χ0) is 15.9. The number of amides is 1. The fourth-order valence-corrected chi connectivity index (χ4v) is 2.35. The van der Waals surface area contributed by atoms with Gasteiger partial charge in [-0.2, -0.15) is 0 Å². The highest BCUT2D eigenvalue weighted by Gasteiger charge is 2.07. The number of carbonyl (C=O) groups is 1. The second-order valence-corrected chi connectivity index (χ2v) is 5.72. The summed E-state index contributed by atoms with van der Waals surface area (Å²) in [6, 6.07) is 11.3. The lowest BCUT2D eigenvalue weighted by Crippen LogP contribution is -2.23. The Morgan fingerprint density at radius 3 is 2.32 bits per heavy atom. The molecule has 1 aromatic heterocycles. The van der Waals surface area contributed by atoms with E-state index in [0.29, 0.717) is 12.2 Å². The van der Waals surface area contributed by atoms with Crippen molar-refractivity contribution >= 4 is 33.5 Å². The number of halogens is 1. The second kappa shape index (κ2) is 7.89. The lowest BCUT2D eigenvalue weighted by atomic mass is 10.1. The monoisotopic (exact) mass is 362 g/mol. The Kier molecular flexibility index (Phi) is 5.89. The highest BCUT2D eigenvalue weighted by atomic mass is 79.9. The summed E-state index contributed by atoms with van der Waals surface area (Å²) >= 11 is 3.37. The minimum Gasteiger partial charge on any atom is -0.356 e. The second-order valence-electron chi connectivity index (χ2n) is 4.80. The Hall–Kier alpha value is -1.95. The van der Waals surface area contributed by atoms with Crippen LogP contribution in [-0.4, -0.2) is 29.2 Å². The molecule has 0 fully saturated rings. The van der Waals surface area contributed by atoms with Crippen molar-refractivity contribution in [1.82, 2.24) is 10.2 Å². The van der Waals surface area contributed by atoms with E-state index in [1.807, 2.05) is 30.3 Å². The highest BCUT2D eigenvalue weighted by Crippen LogP contribution is 2.13. The van der Waals surface area contributed by atoms with Gasteiger partial charge in [-0.05, 0) is 43.7 Å². The lowest BCUT2D eigenvalue weighted by molar-refractivity contribution is -0.115. The molecule has 116 valence electrons. The van der Waals surface area contributed by atoms with Crippen molar-refractivity contribution in [3.8, 4) is 0 Å². The first-order valence-corrected chi connectivity index (χ1v) is 8.04. The molecule has 0 saturated heterocycles. The molecule has 0 aliphatic heterocycles. The maximum absolute atomic E-state index is 12.0. The first kappa shape index (κ1) is 16.4. The van der Waals surface area contributed by atoms with Crippen LogP contribution in [-0.2, 0) is 11.2 Å². The van der Waals surface area contributed by atoms with E-state index in [4.69, 9.17) is 0 Å². The number of nitrogens with zero attached hydrogens (tertiary/aromatic N) is 3. The number of hydrogen-bond acceptors (Lipinski definition) is 4. The van der Waals surface area contributed by atoms with Crippen molar-refractivity contribution in [1.29, 1.82) is 0 Å². The SMILES string of the molecule is CCN(CC)c1ccc(NC(=O)Cc2ccc(Br)cc2)nn1. The Morgan fingerprint density at radius 2 is 1.77 bits per heavy atom. The minimum atomic E-state index is -0.104. The average Bonchev–Trinajstić information content (AvgIpc) is 2.52. The molecule has 0 unspecified atom stereocenters. The van der Waals surface area contributed by atoms with Crippen LogP contribution in [0.25, 0.3) is 0 Å². The fourth-order valence-electron chi connectivity index (χ4n) is 2.08. The molecule has 0 atom stereocenters. The zero-order valence-corrected chi connectivity index (χ0v) is 14.3. The van der Waals surface area contributed by atoms with Crippen LogP contribution in [0.15, 0.2) is 40.9 Å². The Bertz CT molecular complexity index is 609. The summed E-state index contributed by atoms with van der Waals surface area (Å²) in [5.41, 5.74) is 0.952. The average molecular weight is 363 g/mol. The van der Waals surface area contributed by atoms with E-state index >= 15 is 0 Å². The molecule has 1 aromatic carbocycles. The number of aromatic nitrogens is 2. The lowest BCUT2D eigenvalue weighted by Gasteiger charge is -2.18. The number of rotatable bonds is 6. The summed E-state index contributed by atoms with van der Waals surface area (Å²) in [7, 11) is 0. The topological polar surface area (TPSA) is 58.1 Å². The number of nitrogens with one attached hydrogen (secondary N) is 1. The summed E-state index contributed by atoms with van der Waals surface area (Å²) in [5.74, 6) is 1.18. The number of anilines is 2. The first-order valence-electron chi connectivity index (χ1n) is 7.25. The predicted octanol–water partition coefficient (Wildman–Crippen LogP) is 3.27. The maximum atomic E-state index is 12.0. The summed E-state index contributed by atoms with van der Waals surface area (Å²) in [6.07, 6.45) is 0.312. The smallest absolute Gasteiger partial charge is 0.229 e. The van der Waals surface area contributed by atoms with Crippen molar-refractivity contribution in [3.63, 3.8) is 0 Å². The van der Waals surface area contributed by atoms with Crippen LogP contribution in [0.1, 0.15) is 19.4 Å². The van der Waals surface area contributed by atoms with Crippen LogP contribution in [0.2, 0.25) is 0 Å². The molecular weight excluding hydrogens is 344 g/mol. The molecule has 0 bridgehead atoms. The zero-order valence-electron chi connectivity index (χ0n) is 12.7. The first-order chi connectivity index (χ1) is 10.6. The molecule has 2 rings (SSSR count). The molecule has 6 heteroatoms. The predicted molar refractivity (Wildman–Crippen MR) is 92.1 cm³/mol. The van der Waals surface area contributed by atoms with Crippen molar-refractivity contribution in [2.45, 2.75) is 20.3 Å². The van der Waals surface area contributed by atoms with Crippen LogP contribution in [0.4, 0.5) is 11.6 Å². The van der Waals surface area contributed by atoms with Crippen molar-refractivity contribution in [2.75, 3.05) is 23.3 Å². The van der Waals surface area contributed by atoms with Crippen molar-refractivity contribution in [3.05, 3.63) is 46.4 Å². The van der Waals surface area contributed by atoms with Gasteiger partial charge < -0.3 is 10.2 Å². The highest BCUT2D eigenvalue weighted by molar-refractivity contribution is 9.10. The molecule has 0 spiro atoms. The molecule has 1 amide bonds. The standard InChI is InChI=1S/C16H19BrN4O/c1-3-21(4-2)15-10-9-14(19-20-15)18-16(22)11-12-5-7-13(17)8-6-12/h5-10H,3-4,11H2,1-2H3,(H,18,19,22). The Labute approximate surface area is 138 Å². The Morgan fingerprint density at radius 1 is 1.09 bits per heavy atom. The third-order valence-electron chi connectivity index (χ3n) is 3.28. The molecule has 22 heavy (non-hydrogen) atoms. The van der Waals surface area contributed by atoms with Gasteiger partial charge >= 0.3 is 0 Å². The molecular formula is C16H19BrN4O. The molecule has 0 aliphatic rings. The van der Waals surface area contributed by atoms with Gasteiger partial charge in [0.25, 0.3) is 0 Å².